The quantitative estimate of drug-likeness (QED) is 0.700. The molecule has 0 unspecified atom stereocenters. The maximum absolute atomic E-state index is 13.2. The number of ether oxygens (including phenoxy) is 3. The van der Waals surface area contributed by atoms with Crippen LogP contribution in [-0.2, 0) is 9.47 Å². The SMILES string of the molecule is COCCCOCCOc1cc(F)ccc1[C@@H](C)N. The predicted octanol–water partition coefficient (Wildman–Crippen LogP) is 2.28. The summed E-state index contributed by atoms with van der Waals surface area (Å²) in [5, 5.41) is 0. The highest BCUT2D eigenvalue weighted by Crippen LogP contribution is 2.24. The van der Waals surface area contributed by atoms with Gasteiger partial charge in [0.2, 0.25) is 0 Å². The van der Waals surface area contributed by atoms with Crippen molar-refractivity contribution >= 4 is 0 Å². The fourth-order valence-corrected chi connectivity index (χ4v) is 1.63. The first-order valence-corrected chi connectivity index (χ1v) is 6.39. The first-order chi connectivity index (χ1) is 9.15. The molecule has 4 nitrogen and oxygen atoms in total. The van der Waals surface area contributed by atoms with Gasteiger partial charge in [0.05, 0.1) is 6.61 Å². The molecule has 108 valence electrons. The van der Waals surface area contributed by atoms with Gasteiger partial charge in [-0.3, -0.25) is 0 Å². The summed E-state index contributed by atoms with van der Waals surface area (Å²) >= 11 is 0. The Bertz CT molecular complexity index is 372. The summed E-state index contributed by atoms with van der Waals surface area (Å²) in [5.74, 6) is 0.149. The van der Waals surface area contributed by atoms with Crippen molar-refractivity contribution in [3.63, 3.8) is 0 Å². The molecule has 0 radical (unpaired) electrons. The summed E-state index contributed by atoms with van der Waals surface area (Å²) in [6.07, 6.45) is 0.849. The van der Waals surface area contributed by atoms with E-state index in [-0.39, 0.29) is 11.9 Å². The zero-order valence-electron chi connectivity index (χ0n) is 11.5. The Hall–Kier alpha value is -1.17. The molecule has 0 amide bonds. The third kappa shape index (κ3) is 6.00. The van der Waals surface area contributed by atoms with Crippen LogP contribution in [0.1, 0.15) is 24.9 Å². The average Bonchev–Trinajstić information content (AvgIpc) is 2.37. The smallest absolute Gasteiger partial charge is 0.127 e. The Morgan fingerprint density at radius 2 is 2.00 bits per heavy atom. The molecular weight excluding hydrogens is 249 g/mol. The summed E-state index contributed by atoms with van der Waals surface area (Å²) in [4.78, 5) is 0. The van der Waals surface area contributed by atoms with Crippen LogP contribution in [0.2, 0.25) is 0 Å². The summed E-state index contributed by atoms with van der Waals surface area (Å²) in [6.45, 7) is 3.97. The van der Waals surface area contributed by atoms with Crippen molar-refractivity contribution < 1.29 is 18.6 Å². The van der Waals surface area contributed by atoms with Crippen molar-refractivity contribution in [3.05, 3.63) is 29.6 Å². The van der Waals surface area contributed by atoms with Crippen LogP contribution in [0.15, 0.2) is 18.2 Å². The number of hydrogen-bond donors (Lipinski definition) is 1. The van der Waals surface area contributed by atoms with E-state index in [1.807, 2.05) is 6.92 Å². The molecule has 0 aromatic heterocycles. The third-order valence-electron chi connectivity index (χ3n) is 2.59. The highest BCUT2D eigenvalue weighted by atomic mass is 19.1. The minimum absolute atomic E-state index is 0.196. The molecule has 1 rings (SSSR count). The van der Waals surface area contributed by atoms with Crippen LogP contribution >= 0.6 is 0 Å². The lowest BCUT2D eigenvalue weighted by molar-refractivity contribution is 0.0802. The van der Waals surface area contributed by atoms with Crippen LogP contribution in [-0.4, -0.2) is 33.5 Å². The molecule has 2 N–H and O–H groups in total. The fraction of sp³-hybridized carbons (Fsp3) is 0.571. The topological polar surface area (TPSA) is 53.7 Å². The van der Waals surface area contributed by atoms with Gasteiger partial charge in [0.15, 0.2) is 0 Å². The van der Waals surface area contributed by atoms with Crippen LogP contribution in [0.3, 0.4) is 0 Å². The zero-order chi connectivity index (χ0) is 14.1. The molecule has 19 heavy (non-hydrogen) atoms. The van der Waals surface area contributed by atoms with Crippen LogP contribution < -0.4 is 10.5 Å². The summed E-state index contributed by atoms with van der Waals surface area (Å²) in [6, 6.07) is 4.18. The molecule has 0 spiro atoms. The molecule has 0 aliphatic rings. The Balaban J connectivity index is 2.34. The van der Waals surface area contributed by atoms with E-state index in [2.05, 4.69) is 0 Å². The van der Waals surface area contributed by atoms with E-state index in [1.54, 1.807) is 13.2 Å². The van der Waals surface area contributed by atoms with Crippen LogP contribution in [0, 0.1) is 5.82 Å². The van der Waals surface area contributed by atoms with Gasteiger partial charge in [-0.25, -0.2) is 4.39 Å². The average molecular weight is 271 g/mol. The minimum atomic E-state index is -0.333. The molecule has 5 heteroatoms. The predicted molar refractivity (Wildman–Crippen MR) is 71.8 cm³/mol. The Labute approximate surface area is 113 Å². The van der Waals surface area contributed by atoms with E-state index in [1.165, 1.54) is 12.1 Å². The molecule has 0 saturated carbocycles. The summed E-state index contributed by atoms with van der Waals surface area (Å²) in [7, 11) is 1.66. The van der Waals surface area contributed by atoms with Gasteiger partial charge in [-0.05, 0) is 19.4 Å². The highest BCUT2D eigenvalue weighted by molar-refractivity contribution is 5.36. The molecule has 1 aromatic carbocycles. The second kappa shape index (κ2) is 8.85. The van der Waals surface area contributed by atoms with E-state index >= 15 is 0 Å². The molecule has 0 saturated heterocycles. The number of rotatable bonds is 9. The first-order valence-electron chi connectivity index (χ1n) is 6.39. The normalized spacial score (nSPS) is 12.4. The number of methoxy groups -OCH3 is 1. The summed E-state index contributed by atoms with van der Waals surface area (Å²) in [5.41, 5.74) is 6.59. The molecule has 0 aliphatic heterocycles. The van der Waals surface area contributed by atoms with Gasteiger partial charge in [-0.1, -0.05) is 6.07 Å². The van der Waals surface area contributed by atoms with Gasteiger partial charge in [0.25, 0.3) is 0 Å². The lowest BCUT2D eigenvalue weighted by atomic mass is 10.1. The maximum Gasteiger partial charge on any atom is 0.127 e. The van der Waals surface area contributed by atoms with E-state index in [0.717, 1.165) is 12.0 Å². The van der Waals surface area contributed by atoms with E-state index < -0.39 is 0 Å². The van der Waals surface area contributed by atoms with Crippen molar-refractivity contribution in [2.45, 2.75) is 19.4 Å². The third-order valence-corrected chi connectivity index (χ3v) is 2.59. The molecule has 0 heterocycles. The molecule has 0 bridgehead atoms. The van der Waals surface area contributed by atoms with Crippen LogP contribution in [0.4, 0.5) is 4.39 Å². The van der Waals surface area contributed by atoms with Gasteiger partial charge in [0.1, 0.15) is 18.2 Å². The fourth-order valence-electron chi connectivity index (χ4n) is 1.63. The Kier molecular flexibility index (Phi) is 7.40. The van der Waals surface area contributed by atoms with Gasteiger partial charge < -0.3 is 19.9 Å². The van der Waals surface area contributed by atoms with Crippen molar-refractivity contribution in [2.24, 2.45) is 5.73 Å². The zero-order valence-corrected chi connectivity index (χ0v) is 11.5. The second-order valence-electron chi connectivity index (χ2n) is 4.28. The molecule has 0 fully saturated rings. The van der Waals surface area contributed by atoms with Crippen molar-refractivity contribution in [1.82, 2.24) is 0 Å². The van der Waals surface area contributed by atoms with Gasteiger partial charge >= 0.3 is 0 Å². The maximum atomic E-state index is 13.2. The van der Waals surface area contributed by atoms with Crippen molar-refractivity contribution in [1.29, 1.82) is 0 Å². The number of benzene rings is 1. The van der Waals surface area contributed by atoms with E-state index in [4.69, 9.17) is 19.9 Å². The number of nitrogens with two attached hydrogens (primary N) is 1. The van der Waals surface area contributed by atoms with Crippen molar-refractivity contribution in [2.75, 3.05) is 33.5 Å². The lowest BCUT2D eigenvalue weighted by Crippen LogP contribution is -2.12. The van der Waals surface area contributed by atoms with E-state index in [0.29, 0.717) is 32.2 Å². The second-order valence-corrected chi connectivity index (χ2v) is 4.28. The van der Waals surface area contributed by atoms with Crippen molar-refractivity contribution in [3.8, 4) is 5.75 Å². The van der Waals surface area contributed by atoms with Crippen LogP contribution in [0.25, 0.3) is 0 Å². The number of halogens is 1. The Morgan fingerprint density at radius 3 is 2.68 bits per heavy atom. The Morgan fingerprint density at radius 1 is 1.21 bits per heavy atom. The number of hydrogen-bond acceptors (Lipinski definition) is 4. The molecular formula is C14H22FNO3. The molecule has 1 atom stereocenters. The standard InChI is InChI=1S/C14H22FNO3/c1-11(16)13-5-4-12(15)10-14(13)19-9-8-18-7-3-6-17-2/h4-5,10-11H,3,6-9,16H2,1-2H3/t11-/m1/s1. The van der Waals surface area contributed by atoms with Gasteiger partial charge in [-0.2, -0.15) is 0 Å². The largest absolute Gasteiger partial charge is 0.491 e. The minimum Gasteiger partial charge on any atom is -0.491 e. The monoisotopic (exact) mass is 271 g/mol. The van der Waals surface area contributed by atoms with Gasteiger partial charge in [0, 0.05) is 38.0 Å². The van der Waals surface area contributed by atoms with E-state index in [9.17, 15) is 4.39 Å². The summed E-state index contributed by atoms with van der Waals surface area (Å²) < 4.78 is 28.9. The highest BCUT2D eigenvalue weighted by Gasteiger charge is 2.09. The molecule has 1 aromatic rings. The molecule has 0 aliphatic carbocycles. The van der Waals surface area contributed by atoms with Gasteiger partial charge in [-0.15, -0.1) is 0 Å². The lowest BCUT2D eigenvalue weighted by Gasteiger charge is -2.14. The van der Waals surface area contributed by atoms with Crippen LogP contribution in [0.5, 0.6) is 5.75 Å². The first kappa shape index (κ1) is 15.9.